The van der Waals surface area contributed by atoms with E-state index >= 15 is 0 Å². The van der Waals surface area contributed by atoms with Crippen molar-refractivity contribution in [3.8, 4) is 5.75 Å². The number of fused-ring (bicyclic) bond motifs is 1. The SMILES string of the molecule is CC1(CN)CCN(c2cnc3c(n2)CN=C3Oc2ccnc(Cl)c2Cl)C1. The van der Waals surface area contributed by atoms with Crippen LogP contribution in [0.3, 0.4) is 0 Å². The predicted molar refractivity (Wildman–Crippen MR) is 101 cm³/mol. The second-order valence-corrected chi connectivity index (χ2v) is 7.58. The first-order chi connectivity index (χ1) is 12.5. The van der Waals surface area contributed by atoms with Gasteiger partial charge in [-0.25, -0.2) is 19.9 Å². The number of halogens is 2. The maximum atomic E-state index is 6.12. The molecule has 0 saturated carbocycles. The minimum absolute atomic E-state index is 0.128. The Morgan fingerprint density at radius 2 is 2.19 bits per heavy atom. The van der Waals surface area contributed by atoms with E-state index in [0.717, 1.165) is 31.0 Å². The normalized spacial score (nSPS) is 21.7. The molecule has 26 heavy (non-hydrogen) atoms. The number of nitrogens with zero attached hydrogens (tertiary/aromatic N) is 5. The molecule has 2 aliphatic heterocycles. The lowest BCUT2D eigenvalue weighted by molar-refractivity contribution is 0.383. The predicted octanol–water partition coefficient (Wildman–Crippen LogP) is 2.69. The third-order valence-electron chi connectivity index (χ3n) is 4.80. The Labute approximate surface area is 161 Å². The van der Waals surface area contributed by atoms with Gasteiger partial charge in [-0.05, 0) is 18.4 Å². The van der Waals surface area contributed by atoms with Gasteiger partial charge in [-0.2, -0.15) is 0 Å². The third kappa shape index (κ3) is 3.11. The molecular weight excluding hydrogens is 375 g/mol. The van der Waals surface area contributed by atoms with Gasteiger partial charge >= 0.3 is 0 Å². The summed E-state index contributed by atoms with van der Waals surface area (Å²) in [5.41, 5.74) is 7.43. The summed E-state index contributed by atoms with van der Waals surface area (Å²) in [6.07, 6.45) is 4.33. The summed E-state index contributed by atoms with van der Waals surface area (Å²) >= 11 is 12.0. The Kier molecular flexibility index (Phi) is 4.46. The number of anilines is 1. The molecule has 2 aromatic heterocycles. The number of hydrogen-bond donors (Lipinski definition) is 1. The van der Waals surface area contributed by atoms with Crippen LogP contribution in [-0.2, 0) is 6.54 Å². The molecule has 0 aliphatic carbocycles. The molecule has 0 amide bonds. The molecule has 0 aromatic carbocycles. The number of hydrogen-bond acceptors (Lipinski definition) is 7. The molecule has 7 nitrogen and oxygen atoms in total. The van der Waals surface area contributed by atoms with Crippen molar-refractivity contribution in [3.63, 3.8) is 0 Å². The van der Waals surface area contributed by atoms with Gasteiger partial charge in [-0.3, -0.25) is 0 Å². The number of pyridine rings is 1. The number of rotatable bonds is 3. The van der Waals surface area contributed by atoms with Crippen LogP contribution in [-0.4, -0.2) is 40.5 Å². The molecule has 4 rings (SSSR count). The average molecular weight is 393 g/mol. The summed E-state index contributed by atoms with van der Waals surface area (Å²) in [7, 11) is 0. The van der Waals surface area contributed by atoms with Crippen molar-refractivity contribution in [2.45, 2.75) is 19.9 Å². The number of ether oxygens (including phenoxy) is 1. The Bertz CT molecular complexity index is 890. The van der Waals surface area contributed by atoms with Crippen molar-refractivity contribution in [1.82, 2.24) is 15.0 Å². The molecule has 2 N–H and O–H groups in total. The number of aliphatic imine (C=N–C) groups is 1. The van der Waals surface area contributed by atoms with Crippen molar-refractivity contribution in [1.29, 1.82) is 0 Å². The fourth-order valence-electron chi connectivity index (χ4n) is 3.13. The van der Waals surface area contributed by atoms with Gasteiger partial charge in [0.15, 0.2) is 10.9 Å². The maximum absolute atomic E-state index is 6.12. The van der Waals surface area contributed by atoms with Crippen LogP contribution < -0.4 is 15.4 Å². The van der Waals surface area contributed by atoms with E-state index < -0.39 is 0 Å². The fourth-order valence-corrected chi connectivity index (χ4v) is 3.43. The summed E-state index contributed by atoms with van der Waals surface area (Å²) in [4.78, 5) is 19.8. The van der Waals surface area contributed by atoms with E-state index in [9.17, 15) is 0 Å². The van der Waals surface area contributed by atoms with Gasteiger partial charge in [-0.15, -0.1) is 0 Å². The van der Waals surface area contributed by atoms with Gasteiger partial charge in [0, 0.05) is 25.4 Å². The molecular formula is C17H18Cl2N6O. The van der Waals surface area contributed by atoms with Crippen LogP contribution >= 0.6 is 23.2 Å². The second kappa shape index (κ2) is 6.64. The van der Waals surface area contributed by atoms with Crippen LogP contribution in [0.5, 0.6) is 5.75 Å². The van der Waals surface area contributed by atoms with Gasteiger partial charge in [-0.1, -0.05) is 30.1 Å². The highest BCUT2D eigenvalue weighted by atomic mass is 35.5. The molecule has 1 unspecified atom stereocenters. The number of nitrogens with two attached hydrogens (primary N) is 1. The van der Waals surface area contributed by atoms with E-state index in [-0.39, 0.29) is 15.6 Å². The molecule has 1 saturated heterocycles. The van der Waals surface area contributed by atoms with E-state index in [1.165, 1.54) is 6.20 Å². The van der Waals surface area contributed by atoms with E-state index in [4.69, 9.17) is 38.7 Å². The van der Waals surface area contributed by atoms with Gasteiger partial charge < -0.3 is 15.4 Å². The van der Waals surface area contributed by atoms with Crippen molar-refractivity contribution >= 4 is 34.9 Å². The molecule has 1 atom stereocenters. The Hall–Kier alpha value is -1.96. The van der Waals surface area contributed by atoms with Crippen LogP contribution in [0.1, 0.15) is 24.7 Å². The van der Waals surface area contributed by atoms with Gasteiger partial charge in [0.25, 0.3) is 0 Å². The zero-order valence-electron chi connectivity index (χ0n) is 14.2. The topological polar surface area (TPSA) is 89.5 Å². The highest BCUT2D eigenvalue weighted by molar-refractivity contribution is 6.42. The molecule has 136 valence electrons. The van der Waals surface area contributed by atoms with Gasteiger partial charge in [0.05, 0.1) is 18.4 Å². The van der Waals surface area contributed by atoms with E-state index in [0.29, 0.717) is 30.4 Å². The molecule has 2 aromatic rings. The van der Waals surface area contributed by atoms with E-state index in [1.807, 2.05) is 0 Å². The second-order valence-electron chi connectivity index (χ2n) is 6.85. The van der Waals surface area contributed by atoms with E-state index in [2.05, 4.69) is 26.8 Å². The summed E-state index contributed by atoms with van der Waals surface area (Å²) in [6.45, 7) is 5.09. The fraction of sp³-hybridized carbons (Fsp3) is 0.412. The third-order valence-corrected chi connectivity index (χ3v) is 5.55. The highest BCUT2D eigenvalue weighted by Crippen LogP contribution is 2.33. The summed E-state index contributed by atoms with van der Waals surface area (Å²) < 4.78 is 5.79. The largest absolute Gasteiger partial charge is 0.435 e. The number of aromatic nitrogens is 3. The first kappa shape index (κ1) is 17.5. The average Bonchev–Trinajstić information content (AvgIpc) is 3.23. The first-order valence-corrected chi connectivity index (χ1v) is 9.08. The molecule has 1 fully saturated rings. The van der Waals surface area contributed by atoms with Crippen molar-refractivity contribution in [3.05, 3.63) is 40.0 Å². The molecule has 4 heterocycles. The van der Waals surface area contributed by atoms with Crippen molar-refractivity contribution in [2.75, 3.05) is 24.5 Å². The minimum atomic E-state index is 0.128. The first-order valence-electron chi connectivity index (χ1n) is 8.33. The maximum Gasteiger partial charge on any atom is 0.243 e. The summed E-state index contributed by atoms with van der Waals surface area (Å²) in [5.74, 6) is 1.63. The lowest BCUT2D eigenvalue weighted by Crippen LogP contribution is -2.31. The molecule has 0 radical (unpaired) electrons. The Morgan fingerprint density at radius 3 is 2.96 bits per heavy atom. The van der Waals surface area contributed by atoms with Crippen molar-refractivity contribution < 1.29 is 4.74 Å². The van der Waals surface area contributed by atoms with Gasteiger partial charge in [0.1, 0.15) is 16.5 Å². The molecule has 9 heteroatoms. The van der Waals surface area contributed by atoms with Crippen molar-refractivity contribution in [2.24, 2.45) is 16.1 Å². The standard InChI is InChI=1S/C17H18Cl2N6O/c1-17(8-20)3-5-25(9-17)12-7-22-14-10(24-12)6-23-16(14)26-11-2-4-21-15(19)13(11)18/h2,4,7H,3,5-6,8-9,20H2,1H3. The molecule has 2 aliphatic rings. The van der Waals surface area contributed by atoms with Crippen LogP contribution in [0.4, 0.5) is 5.82 Å². The molecule has 0 bridgehead atoms. The Balaban J connectivity index is 1.54. The Morgan fingerprint density at radius 1 is 1.35 bits per heavy atom. The quantitative estimate of drug-likeness (QED) is 0.807. The summed E-state index contributed by atoms with van der Waals surface area (Å²) in [6, 6.07) is 1.63. The smallest absolute Gasteiger partial charge is 0.243 e. The highest BCUT2D eigenvalue weighted by Gasteiger charge is 2.34. The zero-order chi connectivity index (χ0) is 18.3. The van der Waals surface area contributed by atoms with Crippen LogP contribution in [0.15, 0.2) is 23.5 Å². The minimum Gasteiger partial charge on any atom is -0.435 e. The van der Waals surface area contributed by atoms with Gasteiger partial charge in [0.2, 0.25) is 5.90 Å². The monoisotopic (exact) mass is 392 g/mol. The van der Waals surface area contributed by atoms with Crippen LogP contribution in [0, 0.1) is 5.41 Å². The van der Waals surface area contributed by atoms with Crippen LogP contribution in [0.25, 0.3) is 0 Å². The summed E-state index contributed by atoms with van der Waals surface area (Å²) in [5, 5.41) is 0.425. The zero-order valence-corrected chi connectivity index (χ0v) is 15.8. The lowest BCUT2D eigenvalue weighted by atomic mass is 9.90. The van der Waals surface area contributed by atoms with E-state index in [1.54, 1.807) is 12.3 Å². The van der Waals surface area contributed by atoms with Crippen LogP contribution in [0.2, 0.25) is 10.2 Å². The molecule has 0 spiro atoms. The lowest BCUT2D eigenvalue weighted by Gasteiger charge is -2.23.